The van der Waals surface area contributed by atoms with Crippen LogP contribution in [0.2, 0.25) is 0 Å². The van der Waals surface area contributed by atoms with Crippen molar-refractivity contribution in [2.75, 3.05) is 14.1 Å². The lowest BCUT2D eigenvalue weighted by Gasteiger charge is -2.08. The Morgan fingerprint density at radius 2 is 2.11 bits per heavy atom. The maximum atomic E-state index is 12.2. The molecule has 2 aromatic heterocycles. The molecule has 0 aliphatic carbocycles. The molecule has 0 saturated carbocycles. The highest BCUT2D eigenvalue weighted by Gasteiger charge is 2.14. The van der Waals surface area contributed by atoms with Gasteiger partial charge in [0.1, 0.15) is 11.3 Å². The summed E-state index contributed by atoms with van der Waals surface area (Å²) in [7, 11) is 3.76. The van der Waals surface area contributed by atoms with Gasteiger partial charge in [0.15, 0.2) is 0 Å². The van der Waals surface area contributed by atoms with E-state index in [4.69, 9.17) is 0 Å². The topological polar surface area (TPSA) is 37.6 Å². The van der Waals surface area contributed by atoms with Gasteiger partial charge in [0.25, 0.3) is 0 Å². The Morgan fingerprint density at radius 1 is 1.42 bits per heavy atom. The van der Waals surface area contributed by atoms with Crippen molar-refractivity contribution in [3.63, 3.8) is 0 Å². The molecule has 0 aromatic carbocycles. The van der Waals surface area contributed by atoms with Crippen LogP contribution in [0.3, 0.4) is 0 Å². The standard InChI is InChI=1S/C14H16BrN3O/c1-9-7-13-16-8-11(12(19)5-6-17(3)4)18(13)10(2)14(9)15/h5-8H,1-4H3. The van der Waals surface area contributed by atoms with Crippen LogP contribution >= 0.6 is 15.9 Å². The average molecular weight is 322 g/mol. The van der Waals surface area contributed by atoms with E-state index in [1.54, 1.807) is 18.5 Å². The second-order valence-corrected chi connectivity index (χ2v) is 5.50. The molecule has 0 N–H and O–H groups in total. The first-order chi connectivity index (χ1) is 8.91. The fourth-order valence-corrected chi connectivity index (χ4v) is 2.23. The molecule has 4 nitrogen and oxygen atoms in total. The Bertz CT molecular complexity index is 671. The third-order valence-corrected chi connectivity index (χ3v) is 4.11. The number of fused-ring (bicyclic) bond motifs is 1. The van der Waals surface area contributed by atoms with Gasteiger partial charge in [0.05, 0.1) is 6.20 Å². The summed E-state index contributed by atoms with van der Waals surface area (Å²) in [6, 6.07) is 1.96. The van der Waals surface area contributed by atoms with E-state index in [9.17, 15) is 4.79 Å². The van der Waals surface area contributed by atoms with Crippen molar-refractivity contribution in [1.29, 1.82) is 0 Å². The maximum Gasteiger partial charge on any atom is 0.205 e. The summed E-state index contributed by atoms with van der Waals surface area (Å²) in [4.78, 5) is 18.3. The lowest BCUT2D eigenvalue weighted by Crippen LogP contribution is -2.07. The van der Waals surface area contributed by atoms with Gasteiger partial charge >= 0.3 is 0 Å². The summed E-state index contributed by atoms with van der Waals surface area (Å²) < 4.78 is 2.88. The van der Waals surface area contributed by atoms with E-state index < -0.39 is 0 Å². The van der Waals surface area contributed by atoms with E-state index in [0.717, 1.165) is 21.4 Å². The molecule has 2 rings (SSSR count). The van der Waals surface area contributed by atoms with Crippen LogP contribution in [0.4, 0.5) is 0 Å². The molecule has 2 aromatic rings. The van der Waals surface area contributed by atoms with Crippen LogP contribution in [0.1, 0.15) is 21.7 Å². The Kier molecular flexibility index (Phi) is 3.75. The van der Waals surface area contributed by atoms with Crippen molar-refractivity contribution >= 4 is 27.4 Å². The lowest BCUT2D eigenvalue weighted by atomic mass is 10.2. The van der Waals surface area contributed by atoms with Gasteiger partial charge in [-0.1, -0.05) is 0 Å². The molecule has 0 atom stereocenters. The number of rotatable bonds is 3. The van der Waals surface area contributed by atoms with Crippen molar-refractivity contribution in [3.8, 4) is 0 Å². The zero-order valence-corrected chi connectivity index (χ0v) is 13.0. The van der Waals surface area contributed by atoms with Gasteiger partial charge in [-0.3, -0.25) is 9.20 Å². The van der Waals surface area contributed by atoms with Gasteiger partial charge in [-0.15, -0.1) is 0 Å². The van der Waals surface area contributed by atoms with Crippen LogP contribution in [-0.4, -0.2) is 34.2 Å². The van der Waals surface area contributed by atoms with Gasteiger partial charge in [-0.25, -0.2) is 4.98 Å². The number of carbonyl (C=O) groups excluding carboxylic acids is 1. The summed E-state index contributed by atoms with van der Waals surface area (Å²) in [5.41, 5.74) is 3.46. The summed E-state index contributed by atoms with van der Waals surface area (Å²) in [5.74, 6) is -0.0555. The molecule has 5 heteroatoms. The fraction of sp³-hybridized carbons (Fsp3) is 0.286. The third kappa shape index (κ3) is 2.56. The molecule has 0 radical (unpaired) electrons. The van der Waals surface area contributed by atoms with E-state index in [1.165, 1.54) is 0 Å². The van der Waals surface area contributed by atoms with Gasteiger partial charge in [-0.05, 0) is 41.4 Å². The SMILES string of the molecule is Cc1cc2ncc(C(=O)C=CN(C)C)n2c(C)c1Br. The van der Waals surface area contributed by atoms with E-state index >= 15 is 0 Å². The predicted molar refractivity (Wildman–Crippen MR) is 79.5 cm³/mol. The molecule has 0 aliphatic heterocycles. The summed E-state index contributed by atoms with van der Waals surface area (Å²) in [6.07, 6.45) is 4.91. The molecule has 0 aliphatic rings. The van der Waals surface area contributed by atoms with Crippen molar-refractivity contribution < 1.29 is 4.79 Å². The van der Waals surface area contributed by atoms with Gasteiger partial charge in [-0.2, -0.15) is 0 Å². The van der Waals surface area contributed by atoms with Gasteiger partial charge in [0, 0.05) is 36.5 Å². The molecule has 0 fully saturated rings. The molecule has 19 heavy (non-hydrogen) atoms. The molecule has 0 amide bonds. The Labute approximate surface area is 120 Å². The molecule has 0 bridgehead atoms. The van der Waals surface area contributed by atoms with E-state index in [1.807, 2.05) is 43.3 Å². The largest absolute Gasteiger partial charge is 0.383 e. The minimum absolute atomic E-state index is 0.0555. The number of nitrogens with zero attached hydrogens (tertiary/aromatic N) is 3. The Balaban J connectivity index is 2.57. The number of imidazole rings is 1. The zero-order valence-electron chi connectivity index (χ0n) is 11.4. The summed E-state index contributed by atoms with van der Waals surface area (Å²) in [6.45, 7) is 3.98. The fourth-order valence-electron chi connectivity index (χ4n) is 1.94. The number of pyridine rings is 1. The monoisotopic (exact) mass is 321 g/mol. The highest BCUT2D eigenvalue weighted by molar-refractivity contribution is 9.10. The highest BCUT2D eigenvalue weighted by atomic mass is 79.9. The first kappa shape index (κ1) is 13.8. The first-order valence-electron chi connectivity index (χ1n) is 5.94. The van der Waals surface area contributed by atoms with Crippen LogP contribution in [0.25, 0.3) is 5.65 Å². The van der Waals surface area contributed by atoms with Crippen LogP contribution in [0, 0.1) is 13.8 Å². The van der Waals surface area contributed by atoms with Crippen LogP contribution < -0.4 is 0 Å². The average Bonchev–Trinajstić information content (AvgIpc) is 2.76. The third-order valence-electron chi connectivity index (χ3n) is 2.91. The number of aromatic nitrogens is 2. The van der Waals surface area contributed by atoms with Crippen molar-refractivity contribution in [1.82, 2.24) is 14.3 Å². The first-order valence-corrected chi connectivity index (χ1v) is 6.73. The van der Waals surface area contributed by atoms with Crippen LogP contribution in [-0.2, 0) is 0 Å². The van der Waals surface area contributed by atoms with Crippen LogP contribution in [0.15, 0.2) is 29.0 Å². The number of aryl methyl sites for hydroxylation is 2. The van der Waals surface area contributed by atoms with E-state index in [0.29, 0.717) is 5.69 Å². The predicted octanol–water partition coefficient (Wildman–Crippen LogP) is 2.97. The number of allylic oxidation sites excluding steroid dienone is 1. The van der Waals surface area contributed by atoms with Crippen LogP contribution in [0.5, 0.6) is 0 Å². The molecule has 0 spiro atoms. The minimum Gasteiger partial charge on any atom is -0.383 e. The molecular formula is C14H16BrN3O. The lowest BCUT2D eigenvalue weighted by molar-refractivity contribution is 0.104. The smallest absolute Gasteiger partial charge is 0.205 e. The Morgan fingerprint density at radius 3 is 2.74 bits per heavy atom. The number of hydrogen-bond acceptors (Lipinski definition) is 3. The number of carbonyl (C=O) groups is 1. The minimum atomic E-state index is -0.0555. The summed E-state index contributed by atoms with van der Waals surface area (Å²) >= 11 is 3.54. The Hall–Kier alpha value is -1.62. The van der Waals surface area contributed by atoms with Gasteiger partial charge < -0.3 is 4.90 Å². The second kappa shape index (κ2) is 5.17. The number of hydrogen-bond donors (Lipinski definition) is 0. The highest BCUT2D eigenvalue weighted by Crippen LogP contribution is 2.24. The van der Waals surface area contributed by atoms with E-state index in [-0.39, 0.29) is 5.78 Å². The normalized spacial score (nSPS) is 11.4. The molecule has 2 heterocycles. The summed E-state index contributed by atoms with van der Waals surface area (Å²) in [5, 5.41) is 0. The van der Waals surface area contributed by atoms with E-state index in [2.05, 4.69) is 20.9 Å². The number of ketones is 1. The van der Waals surface area contributed by atoms with Crippen molar-refractivity contribution in [2.24, 2.45) is 0 Å². The molecule has 100 valence electrons. The molecule has 0 unspecified atom stereocenters. The number of halogens is 1. The zero-order chi connectivity index (χ0) is 14.2. The molecule has 0 saturated heterocycles. The second-order valence-electron chi connectivity index (χ2n) is 4.71. The molecular weight excluding hydrogens is 306 g/mol. The van der Waals surface area contributed by atoms with Crippen molar-refractivity contribution in [3.05, 3.63) is 46.0 Å². The van der Waals surface area contributed by atoms with Crippen molar-refractivity contribution in [2.45, 2.75) is 13.8 Å². The van der Waals surface area contributed by atoms with Gasteiger partial charge in [0.2, 0.25) is 5.78 Å². The quantitative estimate of drug-likeness (QED) is 0.644. The maximum absolute atomic E-state index is 12.2.